The molecule has 4 nitrogen and oxygen atoms in total. The minimum absolute atomic E-state index is 0.255. The van der Waals surface area contributed by atoms with Gasteiger partial charge in [-0.25, -0.2) is 0 Å². The van der Waals surface area contributed by atoms with Crippen molar-refractivity contribution < 1.29 is 4.79 Å². The summed E-state index contributed by atoms with van der Waals surface area (Å²) >= 11 is 2.22. The third-order valence-corrected chi connectivity index (χ3v) is 4.82. The van der Waals surface area contributed by atoms with E-state index in [-0.39, 0.29) is 5.92 Å². The summed E-state index contributed by atoms with van der Waals surface area (Å²) in [6.07, 6.45) is 6.50. The second kappa shape index (κ2) is 6.89. The van der Waals surface area contributed by atoms with E-state index in [1.54, 1.807) is 0 Å². The molecule has 5 heteroatoms. The van der Waals surface area contributed by atoms with Crippen molar-refractivity contribution in [1.29, 1.82) is 0 Å². The molecule has 1 heterocycles. The summed E-state index contributed by atoms with van der Waals surface area (Å²) in [5.74, 6) is 0.551. The van der Waals surface area contributed by atoms with Crippen molar-refractivity contribution in [3.05, 3.63) is 0 Å². The first kappa shape index (κ1) is 13.5. The van der Waals surface area contributed by atoms with Crippen LogP contribution >= 0.6 is 22.9 Å². The Balaban J connectivity index is 1.72. The number of halogens is 1. The van der Waals surface area contributed by atoms with E-state index >= 15 is 0 Å². The fourth-order valence-electron chi connectivity index (χ4n) is 2.75. The van der Waals surface area contributed by atoms with E-state index in [0.29, 0.717) is 18.0 Å². The molecule has 0 bridgehead atoms. The highest BCUT2D eigenvalue weighted by molar-refractivity contribution is 14.1. The van der Waals surface area contributed by atoms with Crippen molar-refractivity contribution in [2.45, 2.75) is 50.6 Å². The molecule has 2 aliphatic rings. The van der Waals surface area contributed by atoms with Gasteiger partial charge in [0.05, 0.1) is 0 Å². The van der Waals surface area contributed by atoms with Crippen LogP contribution in [0.1, 0.15) is 38.5 Å². The lowest BCUT2D eigenvalue weighted by Gasteiger charge is -2.30. The summed E-state index contributed by atoms with van der Waals surface area (Å²) in [6.45, 7) is 2.08. The van der Waals surface area contributed by atoms with Gasteiger partial charge in [0.2, 0.25) is 5.91 Å². The lowest BCUT2D eigenvalue weighted by atomic mass is 9.85. The molecule has 1 aliphatic carbocycles. The van der Waals surface area contributed by atoms with Gasteiger partial charge in [0.15, 0.2) is 0 Å². The molecule has 2 rings (SSSR count). The third-order valence-electron chi connectivity index (χ3n) is 3.94. The molecule has 0 aromatic rings. The Morgan fingerprint density at radius 3 is 2.24 bits per heavy atom. The maximum Gasteiger partial charge on any atom is 0.223 e. The van der Waals surface area contributed by atoms with Gasteiger partial charge in [-0.2, -0.15) is 0 Å². The van der Waals surface area contributed by atoms with Crippen LogP contribution in [0.4, 0.5) is 0 Å². The highest BCUT2D eigenvalue weighted by Crippen LogP contribution is 2.25. The number of rotatable bonds is 3. The lowest BCUT2D eigenvalue weighted by Crippen LogP contribution is -2.45. The Kier molecular flexibility index (Phi) is 5.49. The summed E-state index contributed by atoms with van der Waals surface area (Å²) in [7, 11) is 0. The van der Waals surface area contributed by atoms with Crippen molar-refractivity contribution in [3.63, 3.8) is 0 Å². The number of nitrogens with one attached hydrogen (secondary N) is 3. The van der Waals surface area contributed by atoms with Crippen LogP contribution in [-0.2, 0) is 4.79 Å². The molecule has 98 valence electrons. The molecule has 2 fully saturated rings. The standard InChI is InChI=1S/C12H22IN3O/c13-16-11-3-1-9(2-4-11)12(17)15-10-5-7-14-8-6-10/h9-11,14,16H,1-8H2,(H,15,17). The molecule has 0 spiro atoms. The molecule has 17 heavy (non-hydrogen) atoms. The van der Waals surface area contributed by atoms with Crippen LogP contribution in [0, 0.1) is 5.92 Å². The maximum absolute atomic E-state index is 12.1. The van der Waals surface area contributed by atoms with E-state index in [1.165, 1.54) is 0 Å². The highest BCUT2D eigenvalue weighted by Gasteiger charge is 2.27. The van der Waals surface area contributed by atoms with Gasteiger partial charge in [-0.3, -0.25) is 8.32 Å². The molecule has 0 aromatic carbocycles. The number of carbonyl (C=O) groups excluding carboxylic acids is 1. The first-order valence-electron chi connectivity index (χ1n) is 6.67. The second-order valence-corrected chi connectivity index (χ2v) is 5.81. The molecule has 1 saturated carbocycles. The summed E-state index contributed by atoms with van der Waals surface area (Å²) < 4.78 is 3.27. The molecule has 1 amide bonds. The molecular weight excluding hydrogens is 329 g/mol. The fourth-order valence-corrected chi connectivity index (χ4v) is 3.37. The Hall–Kier alpha value is 0.120. The first-order valence-corrected chi connectivity index (χ1v) is 7.74. The molecule has 1 saturated heterocycles. The average Bonchev–Trinajstić information content (AvgIpc) is 2.40. The lowest BCUT2D eigenvalue weighted by molar-refractivity contribution is -0.126. The molecule has 1 aliphatic heterocycles. The van der Waals surface area contributed by atoms with Crippen LogP contribution in [0.15, 0.2) is 0 Å². The minimum atomic E-state index is 0.255. The van der Waals surface area contributed by atoms with Crippen molar-refractivity contribution in [2.75, 3.05) is 13.1 Å². The van der Waals surface area contributed by atoms with Gasteiger partial charge in [0, 0.05) is 40.9 Å². The molecule has 3 N–H and O–H groups in total. The van der Waals surface area contributed by atoms with E-state index in [9.17, 15) is 4.79 Å². The topological polar surface area (TPSA) is 53.2 Å². The Bertz CT molecular complexity index is 248. The number of amides is 1. The van der Waals surface area contributed by atoms with E-state index < -0.39 is 0 Å². The van der Waals surface area contributed by atoms with E-state index in [4.69, 9.17) is 0 Å². The zero-order valence-electron chi connectivity index (χ0n) is 10.2. The van der Waals surface area contributed by atoms with Crippen molar-refractivity contribution in [2.24, 2.45) is 5.92 Å². The van der Waals surface area contributed by atoms with Gasteiger partial charge in [-0.15, -0.1) is 0 Å². The first-order chi connectivity index (χ1) is 8.29. The van der Waals surface area contributed by atoms with E-state index in [1.807, 2.05) is 0 Å². The van der Waals surface area contributed by atoms with E-state index in [0.717, 1.165) is 51.6 Å². The summed E-state index contributed by atoms with van der Waals surface area (Å²) in [5.41, 5.74) is 0. The van der Waals surface area contributed by atoms with Crippen LogP contribution in [0.3, 0.4) is 0 Å². The quantitative estimate of drug-likeness (QED) is 0.532. The van der Waals surface area contributed by atoms with Gasteiger partial charge in [-0.1, -0.05) is 0 Å². The predicted octanol–water partition coefficient (Wildman–Crippen LogP) is 1.35. The molecule has 0 radical (unpaired) electrons. The van der Waals surface area contributed by atoms with Crippen LogP contribution in [-0.4, -0.2) is 31.1 Å². The van der Waals surface area contributed by atoms with Gasteiger partial charge in [0.25, 0.3) is 0 Å². The van der Waals surface area contributed by atoms with Crippen molar-refractivity contribution >= 4 is 28.8 Å². The normalized spacial score (nSPS) is 31.1. The van der Waals surface area contributed by atoms with Gasteiger partial charge >= 0.3 is 0 Å². The van der Waals surface area contributed by atoms with Gasteiger partial charge < -0.3 is 10.6 Å². The number of hydrogen-bond donors (Lipinski definition) is 3. The SMILES string of the molecule is O=C(NC1CCNCC1)C1CCC(NI)CC1. The third kappa shape index (κ3) is 4.06. The summed E-state index contributed by atoms with van der Waals surface area (Å²) in [6, 6.07) is 1.02. The predicted molar refractivity (Wildman–Crippen MR) is 76.9 cm³/mol. The molecule has 0 aromatic heterocycles. The number of hydrogen-bond acceptors (Lipinski definition) is 3. The largest absolute Gasteiger partial charge is 0.353 e. The Morgan fingerprint density at radius 1 is 1.00 bits per heavy atom. The molecule has 0 atom stereocenters. The van der Waals surface area contributed by atoms with E-state index in [2.05, 4.69) is 37.0 Å². The Morgan fingerprint density at radius 2 is 1.65 bits per heavy atom. The summed E-state index contributed by atoms with van der Waals surface area (Å²) in [5, 5.41) is 6.54. The smallest absolute Gasteiger partial charge is 0.223 e. The van der Waals surface area contributed by atoms with Crippen LogP contribution in [0.25, 0.3) is 0 Å². The Labute approximate surface area is 117 Å². The highest BCUT2D eigenvalue weighted by atomic mass is 127. The minimum Gasteiger partial charge on any atom is -0.353 e. The van der Waals surface area contributed by atoms with Crippen molar-refractivity contribution in [1.82, 2.24) is 14.2 Å². The molecule has 0 unspecified atom stereocenters. The zero-order chi connectivity index (χ0) is 12.1. The number of piperidine rings is 1. The zero-order valence-corrected chi connectivity index (χ0v) is 12.3. The monoisotopic (exact) mass is 351 g/mol. The molecular formula is C12H22IN3O. The summed E-state index contributed by atoms with van der Waals surface area (Å²) in [4.78, 5) is 12.1. The fraction of sp³-hybridized carbons (Fsp3) is 0.917. The maximum atomic E-state index is 12.1. The second-order valence-electron chi connectivity index (χ2n) is 5.19. The van der Waals surface area contributed by atoms with Crippen LogP contribution < -0.4 is 14.2 Å². The van der Waals surface area contributed by atoms with Crippen LogP contribution in [0.2, 0.25) is 0 Å². The van der Waals surface area contributed by atoms with Gasteiger partial charge in [-0.05, 0) is 51.6 Å². The van der Waals surface area contributed by atoms with Crippen LogP contribution in [0.5, 0.6) is 0 Å². The average molecular weight is 351 g/mol. The van der Waals surface area contributed by atoms with Crippen molar-refractivity contribution in [3.8, 4) is 0 Å². The number of carbonyl (C=O) groups is 1. The van der Waals surface area contributed by atoms with Gasteiger partial charge in [0.1, 0.15) is 0 Å².